The van der Waals surface area contributed by atoms with Gasteiger partial charge in [0.05, 0.1) is 22.4 Å². The summed E-state index contributed by atoms with van der Waals surface area (Å²) in [4.78, 5) is 31.2. The number of nitrogens with zero attached hydrogens (tertiary/aromatic N) is 2. The van der Waals surface area contributed by atoms with Gasteiger partial charge in [0.15, 0.2) is 0 Å². The summed E-state index contributed by atoms with van der Waals surface area (Å²) in [6.45, 7) is 0. The lowest BCUT2D eigenvalue weighted by atomic mass is 10.0. The number of carbonyl (C=O) groups is 2. The molecule has 1 aromatic heterocycles. The quantitative estimate of drug-likeness (QED) is 0.416. The van der Waals surface area contributed by atoms with Gasteiger partial charge in [-0.1, -0.05) is 60.7 Å². The fourth-order valence-electron chi connectivity index (χ4n) is 3.24. The molecule has 0 bridgehead atoms. The predicted octanol–water partition coefficient (Wildman–Crippen LogP) is 5.16. The Morgan fingerprint density at radius 3 is 1.31 bits per heavy atom. The molecule has 6 nitrogen and oxygen atoms in total. The van der Waals surface area contributed by atoms with Gasteiger partial charge in [0, 0.05) is 23.3 Å². The Labute approximate surface area is 183 Å². The number of aliphatic carboxylic acids is 2. The lowest BCUT2D eigenvalue weighted by Crippen LogP contribution is -1.95. The van der Waals surface area contributed by atoms with Crippen molar-refractivity contribution in [3.63, 3.8) is 0 Å². The lowest BCUT2D eigenvalue weighted by molar-refractivity contribution is -0.132. The molecular weight excluding hydrogens is 404 g/mol. The number of fused-ring (bicyclic) bond motifs is 1. The normalized spacial score (nSPS) is 11.4. The summed E-state index contributed by atoms with van der Waals surface area (Å²) in [6, 6.07) is 22.5. The minimum Gasteiger partial charge on any atom is -0.478 e. The molecule has 3 aromatic carbocycles. The van der Waals surface area contributed by atoms with E-state index in [1.807, 2.05) is 72.8 Å². The molecule has 0 aliphatic carbocycles. The Bertz CT molecular complexity index is 1250. The second-order valence-corrected chi connectivity index (χ2v) is 7.00. The molecule has 0 saturated heterocycles. The first-order valence-corrected chi connectivity index (χ1v) is 9.79. The van der Waals surface area contributed by atoms with E-state index in [0.717, 1.165) is 45.4 Å². The molecule has 4 rings (SSSR count). The first-order chi connectivity index (χ1) is 15.5. The average molecular weight is 422 g/mol. The highest BCUT2D eigenvalue weighted by Gasteiger charge is 2.13. The highest BCUT2D eigenvalue weighted by molar-refractivity contribution is 5.88. The molecule has 1 heterocycles. The summed E-state index contributed by atoms with van der Waals surface area (Å²) in [5.41, 5.74) is 6.16. The van der Waals surface area contributed by atoms with Gasteiger partial charge in [-0.2, -0.15) is 0 Å². The Balaban J connectivity index is 1.79. The third-order valence-electron chi connectivity index (χ3n) is 4.78. The first kappa shape index (κ1) is 20.7. The number of para-hydroxylation sites is 2. The molecule has 0 atom stereocenters. The fourth-order valence-corrected chi connectivity index (χ4v) is 3.24. The van der Waals surface area contributed by atoms with Crippen molar-refractivity contribution in [2.45, 2.75) is 0 Å². The van der Waals surface area contributed by atoms with Gasteiger partial charge in [0.2, 0.25) is 0 Å². The third kappa shape index (κ3) is 4.76. The van der Waals surface area contributed by atoms with Gasteiger partial charge < -0.3 is 10.2 Å². The van der Waals surface area contributed by atoms with Crippen molar-refractivity contribution in [3.8, 4) is 22.5 Å². The third-order valence-corrected chi connectivity index (χ3v) is 4.78. The predicted molar refractivity (Wildman–Crippen MR) is 124 cm³/mol. The molecule has 156 valence electrons. The molecule has 0 fully saturated rings. The monoisotopic (exact) mass is 422 g/mol. The number of hydrogen-bond acceptors (Lipinski definition) is 4. The van der Waals surface area contributed by atoms with E-state index in [2.05, 4.69) is 0 Å². The van der Waals surface area contributed by atoms with Gasteiger partial charge in [-0.3, -0.25) is 0 Å². The number of benzene rings is 3. The Kier molecular flexibility index (Phi) is 5.85. The van der Waals surface area contributed by atoms with Crippen LogP contribution in [0.4, 0.5) is 0 Å². The average Bonchev–Trinajstić information content (AvgIpc) is 2.81. The largest absolute Gasteiger partial charge is 0.478 e. The van der Waals surface area contributed by atoms with E-state index >= 15 is 0 Å². The number of hydrogen-bond donors (Lipinski definition) is 2. The molecule has 0 amide bonds. The van der Waals surface area contributed by atoms with Crippen molar-refractivity contribution in [2.24, 2.45) is 0 Å². The summed E-state index contributed by atoms with van der Waals surface area (Å²) < 4.78 is 0. The van der Waals surface area contributed by atoms with Gasteiger partial charge in [-0.25, -0.2) is 19.6 Å². The second kappa shape index (κ2) is 9.06. The van der Waals surface area contributed by atoms with Crippen LogP contribution in [0.1, 0.15) is 11.1 Å². The van der Waals surface area contributed by atoms with E-state index in [9.17, 15) is 9.59 Å². The summed E-state index contributed by atoms with van der Waals surface area (Å²) >= 11 is 0. The molecule has 0 aliphatic heterocycles. The zero-order chi connectivity index (χ0) is 22.5. The van der Waals surface area contributed by atoms with Crippen LogP contribution in [0.5, 0.6) is 0 Å². The number of rotatable bonds is 6. The molecule has 0 unspecified atom stereocenters. The van der Waals surface area contributed by atoms with Gasteiger partial charge in [0.1, 0.15) is 0 Å². The van der Waals surface area contributed by atoms with Gasteiger partial charge in [0.25, 0.3) is 0 Å². The number of carboxylic acids is 2. The minimum absolute atomic E-state index is 0.700. The van der Waals surface area contributed by atoms with Crippen LogP contribution in [0.15, 0.2) is 84.9 Å². The van der Waals surface area contributed by atoms with Crippen LogP contribution in [0.3, 0.4) is 0 Å². The molecule has 0 aliphatic rings. The molecule has 32 heavy (non-hydrogen) atoms. The standard InChI is InChI=1S/C26H18N2O4/c29-23(30)15-9-17-5-11-19(12-6-17)25-26(28-22-4-2-1-3-21(22)27-25)20-13-7-18(8-14-20)10-16-24(31)32/h1-16H,(H,29,30)(H,31,32). The van der Waals surface area contributed by atoms with Crippen LogP contribution in [0.2, 0.25) is 0 Å². The smallest absolute Gasteiger partial charge is 0.328 e. The maximum atomic E-state index is 10.7. The van der Waals surface area contributed by atoms with Crippen LogP contribution in [-0.2, 0) is 9.59 Å². The number of carboxylic acid groups (broad SMARTS) is 2. The van der Waals surface area contributed by atoms with Crippen molar-refractivity contribution >= 4 is 35.1 Å². The molecule has 0 spiro atoms. The second-order valence-electron chi connectivity index (χ2n) is 7.00. The van der Waals surface area contributed by atoms with Crippen molar-refractivity contribution in [1.29, 1.82) is 0 Å². The van der Waals surface area contributed by atoms with Crippen molar-refractivity contribution in [1.82, 2.24) is 9.97 Å². The van der Waals surface area contributed by atoms with E-state index in [0.29, 0.717) is 11.4 Å². The minimum atomic E-state index is -1.00. The number of aromatic nitrogens is 2. The fraction of sp³-hybridized carbons (Fsp3) is 0. The maximum absolute atomic E-state index is 10.7. The van der Waals surface area contributed by atoms with Crippen LogP contribution in [0, 0.1) is 0 Å². The summed E-state index contributed by atoms with van der Waals surface area (Å²) in [5.74, 6) is -2.00. The highest BCUT2D eigenvalue weighted by Crippen LogP contribution is 2.31. The Hall–Kier alpha value is -4.58. The zero-order valence-electron chi connectivity index (χ0n) is 16.8. The maximum Gasteiger partial charge on any atom is 0.328 e. The van der Waals surface area contributed by atoms with Crippen LogP contribution < -0.4 is 0 Å². The summed E-state index contributed by atoms with van der Waals surface area (Å²) in [7, 11) is 0. The van der Waals surface area contributed by atoms with Crippen molar-refractivity contribution < 1.29 is 19.8 Å². The molecular formula is C26H18N2O4. The van der Waals surface area contributed by atoms with Crippen molar-refractivity contribution in [3.05, 3.63) is 96.1 Å². The molecule has 0 radical (unpaired) electrons. The van der Waals surface area contributed by atoms with Gasteiger partial charge in [-0.05, 0) is 35.4 Å². The van der Waals surface area contributed by atoms with Gasteiger partial charge in [-0.15, -0.1) is 0 Å². The highest BCUT2D eigenvalue weighted by atomic mass is 16.4. The van der Waals surface area contributed by atoms with E-state index in [-0.39, 0.29) is 0 Å². The summed E-state index contributed by atoms with van der Waals surface area (Å²) in [5, 5.41) is 17.6. The topological polar surface area (TPSA) is 100 Å². The zero-order valence-corrected chi connectivity index (χ0v) is 16.8. The van der Waals surface area contributed by atoms with Crippen LogP contribution in [-0.4, -0.2) is 32.1 Å². The SMILES string of the molecule is O=C(O)C=Cc1ccc(-c2nc3ccccc3nc2-c2ccc(C=CC(=O)O)cc2)cc1. The van der Waals surface area contributed by atoms with E-state index < -0.39 is 11.9 Å². The molecule has 2 N–H and O–H groups in total. The Morgan fingerprint density at radius 2 is 0.969 bits per heavy atom. The molecule has 0 saturated carbocycles. The summed E-state index contributed by atoms with van der Waals surface area (Å²) in [6.07, 6.45) is 5.25. The van der Waals surface area contributed by atoms with E-state index in [1.165, 1.54) is 12.2 Å². The molecule has 4 aromatic rings. The van der Waals surface area contributed by atoms with Gasteiger partial charge >= 0.3 is 11.9 Å². The molecule has 6 heteroatoms. The van der Waals surface area contributed by atoms with Crippen LogP contribution in [0.25, 0.3) is 45.7 Å². The van der Waals surface area contributed by atoms with E-state index in [4.69, 9.17) is 20.2 Å². The van der Waals surface area contributed by atoms with Crippen LogP contribution >= 0.6 is 0 Å². The van der Waals surface area contributed by atoms with Crippen molar-refractivity contribution in [2.75, 3.05) is 0 Å². The first-order valence-electron chi connectivity index (χ1n) is 9.79. The lowest BCUT2D eigenvalue weighted by Gasteiger charge is -2.11. The Morgan fingerprint density at radius 1 is 0.594 bits per heavy atom. The van der Waals surface area contributed by atoms with E-state index in [1.54, 1.807) is 0 Å².